The molecule has 0 radical (unpaired) electrons. The lowest BCUT2D eigenvalue weighted by Gasteiger charge is -2.27. The van der Waals surface area contributed by atoms with E-state index in [4.69, 9.17) is 16.3 Å². The first-order valence-corrected chi connectivity index (χ1v) is 11.0. The van der Waals surface area contributed by atoms with E-state index in [-0.39, 0.29) is 12.5 Å². The van der Waals surface area contributed by atoms with Crippen LogP contribution in [0.15, 0.2) is 54.7 Å². The molecule has 1 aromatic heterocycles. The molecule has 0 spiro atoms. The predicted molar refractivity (Wildman–Crippen MR) is 111 cm³/mol. The van der Waals surface area contributed by atoms with E-state index in [0.717, 1.165) is 22.0 Å². The molecule has 8 heteroatoms. The second-order valence-electron chi connectivity index (χ2n) is 6.73. The van der Waals surface area contributed by atoms with Crippen molar-refractivity contribution in [2.75, 3.05) is 32.8 Å². The van der Waals surface area contributed by atoms with Gasteiger partial charge in [0.2, 0.25) is 0 Å². The molecule has 2 aromatic carbocycles. The van der Waals surface area contributed by atoms with E-state index in [9.17, 15) is 8.42 Å². The summed E-state index contributed by atoms with van der Waals surface area (Å²) in [4.78, 5) is 3.27. The molecular formula is C20H22ClN3O3S. The molecule has 0 unspecified atom stereocenters. The van der Waals surface area contributed by atoms with Gasteiger partial charge >= 0.3 is 0 Å². The molecule has 1 aliphatic rings. The molecule has 148 valence electrons. The summed E-state index contributed by atoms with van der Waals surface area (Å²) in [7, 11) is -3.59. The maximum atomic E-state index is 12.8. The summed E-state index contributed by atoms with van der Waals surface area (Å²) in [6.07, 6.45) is 1.93. The Morgan fingerprint density at radius 3 is 2.57 bits per heavy atom. The monoisotopic (exact) mass is 419 g/mol. The zero-order chi connectivity index (χ0) is 19.6. The van der Waals surface area contributed by atoms with Gasteiger partial charge in [0.05, 0.1) is 13.2 Å². The molecule has 0 bridgehead atoms. The largest absolute Gasteiger partial charge is 0.379 e. The van der Waals surface area contributed by atoms with E-state index in [2.05, 4.69) is 9.71 Å². The number of H-pyrrole nitrogens is 1. The van der Waals surface area contributed by atoms with Gasteiger partial charge in [0, 0.05) is 47.7 Å². The Bertz CT molecular complexity index is 1060. The first-order chi connectivity index (χ1) is 13.6. The lowest BCUT2D eigenvalue weighted by molar-refractivity contribution is 0.0725. The fourth-order valence-corrected chi connectivity index (χ4v) is 5.05. The summed E-state index contributed by atoms with van der Waals surface area (Å²) in [6, 6.07) is 15.5. The highest BCUT2D eigenvalue weighted by molar-refractivity contribution is 7.87. The van der Waals surface area contributed by atoms with Crippen molar-refractivity contribution in [1.29, 1.82) is 0 Å². The van der Waals surface area contributed by atoms with Gasteiger partial charge in [-0.05, 0) is 23.3 Å². The molecule has 3 aromatic rings. The number of halogens is 1. The number of fused-ring (bicyclic) bond motifs is 1. The number of hydrogen-bond acceptors (Lipinski definition) is 3. The van der Waals surface area contributed by atoms with Crippen LogP contribution in [-0.4, -0.2) is 50.6 Å². The SMILES string of the molecule is O=S(=O)(NC[C@H](c1ccccc1Cl)c1c[nH]c2ccccc12)N1CCOCC1. The Kier molecular flexibility index (Phi) is 5.70. The van der Waals surface area contributed by atoms with Crippen LogP contribution < -0.4 is 4.72 Å². The average molecular weight is 420 g/mol. The third kappa shape index (κ3) is 3.94. The van der Waals surface area contributed by atoms with E-state index in [1.165, 1.54) is 4.31 Å². The van der Waals surface area contributed by atoms with Gasteiger partial charge in [-0.15, -0.1) is 0 Å². The Morgan fingerprint density at radius 2 is 1.79 bits per heavy atom. The predicted octanol–water partition coefficient (Wildman–Crippen LogP) is 3.12. The summed E-state index contributed by atoms with van der Waals surface area (Å²) >= 11 is 6.47. The topological polar surface area (TPSA) is 74.4 Å². The highest BCUT2D eigenvalue weighted by Gasteiger charge is 2.27. The molecule has 1 aliphatic heterocycles. The van der Waals surface area contributed by atoms with Crippen molar-refractivity contribution >= 4 is 32.7 Å². The van der Waals surface area contributed by atoms with Crippen LogP contribution >= 0.6 is 11.6 Å². The number of hydrogen-bond donors (Lipinski definition) is 2. The molecule has 1 atom stereocenters. The average Bonchev–Trinajstić information content (AvgIpc) is 3.14. The van der Waals surface area contributed by atoms with Crippen LogP contribution in [0.1, 0.15) is 17.0 Å². The van der Waals surface area contributed by atoms with Gasteiger partial charge in [0.1, 0.15) is 0 Å². The fourth-order valence-electron chi connectivity index (χ4n) is 3.59. The van der Waals surface area contributed by atoms with E-state index >= 15 is 0 Å². The van der Waals surface area contributed by atoms with E-state index in [0.29, 0.717) is 31.3 Å². The van der Waals surface area contributed by atoms with Gasteiger partial charge in [-0.1, -0.05) is 48.0 Å². The quantitative estimate of drug-likeness (QED) is 0.644. The van der Waals surface area contributed by atoms with Crippen molar-refractivity contribution in [2.45, 2.75) is 5.92 Å². The standard InChI is InChI=1S/C20H22ClN3O3S/c21-19-7-3-1-5-15(19)18(17-13-22-20-8-4-2-6-16(17)20)14-23-28(25,26)24-9-11-27-12-10-24/h1-8,13,18,22-23H,9-12,14H2/t18-/m1/s1. The second-order valence-corrected chi connectivity index (χ2v) is 8.89. The molecule has 6 nitrogen and oxygen atoms in total. The lowest BCUT2D eigenvalue weighted by atomic mass is 9.91. The number of nitrogens with zero attached hydrogens (tertiary/aromatic N) is 1. The van der Waals surface area contributed by atoms with Crippen LogP contribution in [0.5, 0.6) is 0 Å². The number of aromatic amines is 1. The molecule has 1 saturated heterocycles. The summed E-state index contributed by atoms with van der Waals surface area (Å²) in [5, 5.41) is 1.67. The Hall–Kier alpha value is -1.90. The molecule has 1 fully saturated rings. The Balaban J connectivity index is 1.67. The smallest absolute Gasteiger partial charge is 0.279 e. The van der Waals surface area contributed by atoms with Crippen molar-refractivity contribution in [3.05, 3.63) is 70.9 Å². The lowest BCUT2D eigenvalue weighted by Crippen LogP contribution is -2.47. The first kappa shape index (κ1) is 19.4. The number of benzene rings is 2. The number of ether oxygens (including phenoxy) is 1. The highest BCUT2D eigenvalue weighted by atomic mass is 35.5. The number of nitrogens with one attached hydrogen (secondary N) is 2. The third-order valence-corrected chi connectivity index (χ3v) is 6.98. The molecule has 2 N–H and O–H groups in total. The maximum Gasteiger partial charge on any atom is 0.279 e. The molecule has 0 amide bonds. The fraction of sp³-hybridized carbons (Fsp3) is 0.300. The van der Waals surface area contributed by atoms with Crippen LogP contribution in [-0.2, 0) is 14.9 Å². The number of morpholine rings is 1. The normalized spacial score (nSPS) is 17.0. The van der Waals surface area contributed by atoms with E-state index < -0.39 is 10.2 Å². The number of para-hydroxylation sites is 1. The zero-order valence-corrected chi connectivity index (χ0v) is 16.8. The number of aromatic nitrogens is 1. The molecule has 4 rings (SSSR count). The van der Waals surface area contributed by atoms with Crippen LogP contribution in [0.4, 0.5) is 0 Å². The summed E-state index contributed by atoms with van der Waals surface area (Å²) in [5.41, 5.74) is 2.90. The van der Waals surface area contributed by atoms with Crippen molar-refractivity contribution in [1.82, 2.24) is 14.0 Å². The summed E-state index contributed by atoms with van der Waals surface area (Å²) < 4.78 is 35.0. The van der Waals surface area contributed by atoms with E-state index in [1.54, 1.807) is 0 Å². The second kappa shape index (κ2) is 8.23. The minimum Gasteiger partial charge on any atom is -0.379 e. The Morgan fingerprint density at radius 1 is 1.07 bits per heavy atom. The van der Waals surface area contributed by atoms with Gasteiger partial charge in [0.25, 0.3) is 10.2 Å². The van der Waals surface area contributed by atoms with Crippen molar-refractivity contribution in [3.8, 4) is 0 Å². The first-order valence-electron chi connectivity index (χ1n) is 9.19. The molecular weight excluding hydrogens is 398 g/mol. The van der Waals surface area contributed by atoms with Gasteiger partial charge in [-0.2, -0.15) is 12.7 Å². The van der Waals surface area contributed by atoms with Gasteiger partial charge in [0.15, 0.2) is 0 Å². The molecule has 0 aliphatic carbocycles. The highest BCUT2D eigenvalue weighted by Crippen LogP contribution is 2.34. The van der Waals surface area contributed by atoms with Gasteiger partial charge in [-0.3, -0.25) is 0 Å². The minimum absolute atomic E-state index is 0.214. The zero-order valence-electron chi connectivity index (χ0n) is 15.3. The van der Waals surface area contributed by atoms with E-state index in [1.807, 2.05) is 54.7 Å². The molecule has 0 saturated carbocycles. The van der Waals surface area contributed by atoms with Gasteiger partial charge in [-0.25, -0.2) is 4.72 Å². The van der Waals surface area contributed by atoms with Crippen LogP contribution in [0, 0.1) is 0 Å². The van der Waals surface area contributed by atoms with Crippen molar-refractivity contribution < 1.29 is 13.2 Å². The summed E-state index contributed by atoms with van der Waals surface area (Å²) in [6.45, 7) is 1.76. The third-order valence-electron chi connectivity index (χ3n) is 5.06. The summed E-state index contributed by atoms with van der Waals surface area (Å²) in [5.74, 6) is -0.222. The number of rotatable bonds is 6. The van der Waals surface area contributed by atoms with Crippen molar-refractivity contribution in [2.24, 2.45) is 0 Å². The molecule has 2 heterocycles. The maximum absolute atomic E-state index is 12.8. The van der Waals surface area contributed by atoms with Gasteiger partial charge < -0.3 is 9.72 Å². The minimum atomic E-state index is -3.59. The van der Waals surface area contributed by atoms with Crippen LogP contribution in [0.25, 0.3) is 10.9 Å². The van der Waals surface area contributed by atoms with Crippen molar-refractivity contribution in [3.63, 3.8) is 0 Å². The van der Waals surface area contributed by atoms with Crippen LogP contribution in [0.3, 0.4) is 0 Å². The Labute approximate surface area is 169 Å². The van der Waals surface area contributed by atoms with Crippen LogP contribution in [0.2, 0.25) is 5.02 Å². The molecule has 28 heavy (non-hydrogen) atoms.